The first-order valence-electron chi connectivity index (χ1n) is 6.53. The third kappa shape index (κ3) is 3.32. The lowest BCUT2D eigenvalue weighted by atomic mass is 10.1. The Hall–Kier alpha value is -1.43. The van der Waals surface area contributed by atoms with E-state index in [9.17, 15) is 4.79 Å². The lowest BCUT2D eigenvalue weighted by molar-refractivity contribution is 0.0813. The molecule has 1 fully saturated rings. The number of hydrogen-bond acceptors (Lipinski definition) is 4. The van der Waals surface area contributed by atoms with E-state index in [-0.39, 0.29) is 12.0 Å². The van der Waals surface area contributed by atoms with Crippen molar-refractivity contribution in [3.8, 4) is 0 Å². The van der Waals surface area contributed by atoms with Gasteiger partial charge in [0.25, 0.3) is 5.91 Å². The Morgan fingerprint density at radius 2 is 2.37 bits per heavy atom. The predicted molar refractivity (Wildman–Crippen MR) is 73.4 cm³/mol. The fourth-order valence-corrected chi connectivity index (χ4v) is 2.60. The Labute approximate surface area is 113 Å². The molecule has 0 aliphatic carbocycles. The highest BCUT2D eigenvalue weighted by Gasteiger charge is 2.27. The minimum atomic E-state index is -0.262. The first-order valence-corrected chi connectivity index (χ1v) is 6.53. The van der Waals surface area contributed by atoms with Gasteiger partial charge in [0.1, 0.15) is 0 Å². The summed E-state index contributed by atoms with van der Waals surface area (Å²) in [5.41, 5.74) is 3.84. The number of ether oxygens (including phenoxy) is 1. The molecule has 5 heteroatoms. The van der Waals surface area contributed by atoms with Crippen molar-refractivity contribution in [1.82, 2.24) is 10.3 Å². The van der Waals surface area contributed by atoms with Crippen LogP contribution in [0.3, 0.4) is 0 Å². The van der Waals surface area contributed by atoms with Crippen LogP contribution in [0.15, 0.2) is 24.3 Å². The summed E-state index contributed by atoms with van der Waals surface area (Å²) < 4.78 is 5.58. The van der Waals surface area contributed by atoms with Crippen molar-refractivity contribution in [3.63, 3.8) is 0 Å². The van der Waals surface area contributed by atoms with Crippen molar-refractivity contribution >= 4 is 5.91 Å². The van der Waals surface area contributed by atoms with Gasteiger partial charge in [0.05, 0.1) is 6.10 Å². The van der Waals surface area contributed by atoms with Gasteiger partial charge in [-0.05, 0) is 38.1 Å². The molecule has 0 radical (unpaired) electrons. The number of amides is 1. The topological polar surface area (TPSA) is 67.6 Å². The highest BCUT2D eigenvalue weighted by atomic mass is 16.5. The molecule has 0 saturated carbocycles. The second-order valence-corrected chi connectivity index (χ2v) is 5.02. The van der Waals surface area contributed by atoms with Gasteiger partial charge in [0, 0.05) is 24.8 Å². The number of hydrazine groups is 1. The first-order chi connectivity index (χ1) is 9.11. The van der Waals surface area contributed by atoms with Crippen molar-refractivity contribution in [2.24, 2.45) is 5.84 Å². The molecule has 1 saturated heterocycles. The number of hydrogen-bond donors (Lipinski definition) is 2. The molecule has 1 aliphatic heterocycles. The van der Waals surface area contributed by atoms with Crippen molar-refractivity contribution < 1.29 is 9.53 Å². The van der Waals surface area contributed by atoms with Gasteiger partial charge in [-0.1, -0.05) is 12.1 Å². The average Bonchev–Trinajstić information content (AvgIpc) is 2.84. The molecule has 5 nitrogen and oxygen atoms in total. The zero-order valence-corrected chi connectivity index (χ0v) is 11.4. The quantitative estimate of drug-likeness (QED) is 0.481. The zero-order valence-electron chi connectivity index (χ0n) is 11.4. The Morgan fingerprint density at radius 3 is 3.00 bits per heavy atom. The van der Waals surface area contributed by atoms with E-state index in [0.29, 0.717) is 11.6 Å². The van der Waals surface area contributed by atoms with Crippen LogP contribution >= 0.6 is 0 Å². The van der Waals surface area contributed by atoms with Gasteiger partial charge in [-0.25, -0.2) is 5.84 Å². The van der Waals surface area contributed by atoms with Crippen LogP contribution in [0.5, 0.6) is 0 Å². The van der Waals surface area contributed by atoms with E-state index in [0.717, 1.165) is 25.1 Å². The lowest BCUT2D eigenvalue weighted by Crippen LogP contribution is -2.36. The van der Waals surface area contributed by atoms with Crippen LogP contribution in [0.2, 0.25) is 0 Å². The van der Waals surface area contributed by atoms with Crippen LogP contribution in [-0.2, 0) is 11.3 Å². The number of nitrogens with two attached hydrogens (primary N) is 1. The number of nitrogens with one attached hydrogen (secondary N) is 1. The van der Waals surface area contributed by atoms with Crippen LogP contribution in [0.1, 0.15) is 29.3 Å². The molecular weight excluding hydrogens is 242 g/mol. The SMILES string of the molecule is CC1OCCC1N(C)Cc1cccc(C(=O)NN)c1. The van der Waals surface area contributed by atoms with Gasteiger partial charge in [0.15, 0.2) is 0 Å². The number of nitrogen functional groups attached to an aromatic ring is 1. The minimum absolute atomic E-state index is 0.262. The van der Waals surface area contributed by atoms with Crippen molar-refractivity contribution in [2.75, 3.05) is 13.7 Å². The molecule has 1 amide bonds. The molecule has 1 aromatic carbocycles. The van der Waals surface area contributed by atoms with Gasteiger partial charge in [-0.3, -0.25) is 15.1 Å². The number of carbonyl (C=O) groups excluding carboxylic acids is 1. The Bertz CT molecular complexity index is 450. The number of likely N-dealkylation sites (N-methyl/N-ethyl adjacent to an activating group) is 1. The molecule has 2 unspecified atom stereocenters. The summed E-state index contributed by atoms with van der Waals surface area (Å²) in [6.07, 6.45) is 1.32. The summed E-state index contributed by atoms with van der Waals surface area (Å²) >= 11 is 0. The molecule has 1 heterocycles. The van der Waals surface area contributed by atoms with Gasteiger partial charge >= 0.3 is 0 Å². The van der Waals surface area contributed by atoms with E-state index in [1.165, 1.54) is 0 Å². The summed E-state index contributed by atoms with van der Waals surface area (Å²) in [5.74, 6) is 4.88. The van der Waals surface area contributed by atoms with Crippen LogP contribution in [0.4, 0.5) is 0 Å². The van der Waals surface area contributed by atoms with Crippen LogP contribution in [0.25, 0.3) is 0 Å². The molecule has 0 spiro atoms. The maximum Gasteiger partial charge on any atom is 0.265 e. The zero-order chi connectivity index (χ0) is 13.8. The third-order valence-corrected chi connectivity index (χ3v) is 3.65. The number of nitrogens with zero attached hydrogens (tertiary/aromatic N) is 1. The smallest absolute Gasteiger partial charge is 0.265 e. The molecule has 2 atom stereocenters. The number of benzene rings is 1. The standard InChI is InChI=1S/C14H21N3O2/c1-10-13(6-7-19-10)17(2)9-11-4-3-5-12(8-11)14(18)16-15/h3-5,8,10,13H,6-7,9,15H2,1-2H3,(H,16,18). The second-order valence-electron chi connectivity index (χ2n) is 5.02. The summed E-state index contributed by atoms with van der Waals surface area (Å²) in [6, 6.07) is 7.96. The minimum Gasteiger partial charge on any atom is -0.377 e. The van der Waals surface area contributed by atoms with Gasteiger partial charge in [0.2, 0.25) is 0 Å². The van der Waals surface area contributed by atoms with Crippen molar-refractivity contribution in [2.45, 2.75) is 32.0 Å². The summed E-state index contributed by atoms with van der Waals surface area (Å²) in [5, 5.41) is 0. The van der Waals surface area contributed by atoms with Gasteiger partial charge in [-0.15, -0.1) is 0 Å². The molecule has 104 valence electrons. The first kappa shape index (κ1) is 14.0. The van der Waals surface area contributed by atoms with Crippen molar-refractivity contribution in [1.29, 1.82) is 0 Å². The van der Waals surface area contributed by atoms with E-state index < -0.39 is 0 Å². The Morgan fingerprint density at radius 1 is 1.58 bits per heavy atom. The van der Waals surface area contributed by atoms with E-state index in [1.807, 2.05) is 18.2 Å². The van der Waals surface area contributed by atoms with E-state index >= 15 is 0 Å². The molecule has 0 bridgehead atoms. The molecule has 1 aromatic rings. The summed E-state index contributed by atoms with van der Waals surface area (Å²) in [4.78, 5) is 13.8. The molecule has 1 aliphatic rings. The largest absolute Gasteiger partial charge is 0.377 e. The van der Waals surface area contributed by atoms with E-state index in [2.05, 4.69) is 24.3 Å². The van der Waals surface area contributed by atoms with Gasteiger partial charge < -0.3 is 4.74 Å². The molecule has 3 N–H and O–H groups in total. The third-order valence-electron chi connectivity index (χ3n) is 3.65. The summed E-state index contributed by atoms with van der Waals surface area (Å²) in [6.45, 7) is 3.72. The molecule has 0 aromatic heterocycles. The Kier molecular flexibility index (Phi) is 4.52. The van der Waals surface area contributed by atoms with Crippen LogP contribution < -0.4 is 11.3 Å². The monoisotopic (exact) mass is 263 g/mol. The molecule has 19 heavy (non-hydrogen) atoms. The van der Waals surface area contributed by atoms with Crippen LogP contribution in [0, 0.1) is 0 Å². The van der Waals surface area contributed by atoms with Gasteiger partial charge in [-0.2, -0.15) is 0 Å². The second kappa shape index (κ2) is 6.14. The van der Waals surface area contributed by atoms with Crippen molar-refractivity contribution in [3.05, 3.63) is 35.4 Å². The average molecular weight is 263 g/mol. The fourth-order valence-electron chi connectivity index (χ4n) is 2.60. The highest BCUT2D eigenvalue weighted by Crippen LogP contribution is 2.20. The maximum atomic E-state index is 11.5. The number of carbonyl (C=O) groups is 1. The molecular formula is C14H21N3O2. The predicted octanol–water partition coefficient (Wildman–Crippen LogP) is 0.899. The number of rotatable bonds is 4. The van der Waals surface area contributed by atoms with E-state index in [1.54, 1.807) is 6.07 Å². The van der Waals surface area contributed by atoms with Crippen LogP contribution in [-0.4, -0.2) is 36.6 Å². The normalized spacial score (nSPS) is 22.7. The fraction of sp³-hybridized carbons (Fsp3) is 0.500. The molecule has 2 rings (SSSR count). The maximum absolute atomic E-state index is 11.5. The Balaban J connectivity index is 2.04. The highest BCUT2D eigenvalue weighted by molar-refractivity contribution is 5.93. The lowest BCUT2D eigenvalue weighted by Gasteiger charge is -2.26. The van der Waals surface area contributed by atoms with E-state index in [4.69, 9.17) is 10.6 Å². The summed E-state index contributed by atoms with van der Waals surface area (Å²) in [7, 11) is 2.09.